The minimum atomic E-state index is -3.29. The molecule has 2 aliphatic rings. The number of fused-ring (bicyclic) bond motifs is 1. The summed E-state index contributed by atoms with van der Waals surface area (Å²) in [7, 11) is 0. The molecule has 0 unspecified atom stereocenters. The highest BCUT2D eigenvalue weighted by atomic mass is 19.3. The zero-order valence-electron chi connectivity index (χ0n) is 16.9. The van der Waals surface area contributed by atoms with Gasteiger partial charge in [-0.25, -0.2) is 0 Å². The van der Waals surface area contributed by atoms with Crippen LogP contribution in [0.25, 0.3) is 0 Å². The van der Waals surface area contributed by atoms with Gasteiger partial charge in [-0.3, -0.25) is 4.79 Å². The number of carboxylic acids is 1. The molecule has 0 aromatic heterocycles. The summed E-state index contributed by atoms with van der Waals surface area (Å²) in [6.45, 7) is 7.13. The summed E-state index contributed by atoms with van der Waals surface area (Å²) >= 11 is 0. The fourth-order valence-electron chi connectivity index (χ4n) is 4.39. The van der Waals surface area contributed by atoms with Crippen LogP contribution in [0.15, 0.2) is 24.5 Å². The van der Waals surface area contributed by atoms with Crippen molar-refractivity contribution >= 4 is 5.97 Å². The van der Waals surface area contributed by atoms with Gasteiger partial charge < -0.3 is 20.1 Å². The monoisotopic (exact) mass is 412 g/mol. The summed E-state index contributed by atoms with van der Waals surface area (Å²) in [4.78, 5) is 10.6. The van der Waals surface area contributed by atoms with E-state index < -0.39 is 59.6 Å². The van der Waals surface area contributed by atoms with Gasteiger partial charge in [0.05, 0.1) is 18.1 Å². The SMILES string of the molecule is C=C[C@@H](O)[C@@H](C)[C@@H](C#CCC)[C@@H]1[C@@H]2[C@H](C[C@H]1O)OC(=CCCCC(=O)O)C2(F)F. The molecule has 0 radical (unpaired) electrons. The Labute approximate surface area is 170 Å². The molecule has 1 heterocycles. The number of allylic oxidation sites excluding steroid dienone is 2. The molecule has 29 heavy (non-hydrogen) atoms. The van der Waals surface area contributed by atoms with Crippen LogP contribution in [0.5, 0.6) is 0 Å². The van der Waals surface area contributed by atoms with Gasteiger partial charge in [-0.15, -0.1) is 12.5 Å². The summed E-state index contributed by atoms with van der Waals surface area (Å²) in [5.74, 6) is -2.04. The number of ether oxygens (including phenoxy) is 1. The highest BCUT2D eigenvalue weighted by Gasteiger charge is 2.65. The summed E-state index contributed by atoms with van der Waals surface area (Å²) in [5.41, 5.74) is 0. The molecule has 0 spiro atoms. The van der Waals surface area contributed by atoms with Crippen LogP contribution >= 0.6 is 0 Å². The number of unbranched alkanes of at least 4 members (excludes halogenated alkanes) is 1. The van der Waals surface area contributed by atoms with Crippen LogP contribution < -0.4 is 0 Å². The van der Waals surface area contributed by atoms with Crippen LogP contribution in [-0.2, 0) is 9.53 Å². The molecule has 0 aromatic carbocycles. The van der Waals surface area contributed by atoms with Gasteiger partial charge in [0, 0.05) is 31.1 Å². The Balaban J connectivity index is 2.30. The van der Waals surface area contributed by atoms with Gasteiger partial charge >= 0.3 is 11.9 Å². The number of aliphatic hydroxyl groups excluding tert-OH is 2. The largest absolute Gasteiger partial charge is 0.488 e. The Hall–Kier alpha value is -1.91. The lowest BCUT2D eigenvalue weighted by Crippen LogP contribution is -2.41. The van der Waals surface area contributed by atoms with E-state index in [-0.39, 0.29) is 25.7 Å². The highest BCUT2D eigenvalue weighted by molar-refractivity contribution is 5.66. The Morgan fingerprint density at radius 2 is 2.17 bits per heavy atom. The molecule has 5 nitrogen and oxygen atoms in total. The summed E-state index contributed by atoms with van der Waals surface area (Å²) in [5, 5.41) is 29.5. The molecule has 1 aliphatic heterocycles. The summed E-state index contributed by atoms with van der Waals surface area (Å²) in [6, 6.07) is 0. The van der Waals surface area contributed by atoms with Gasteiger partial charge in [-0.05, 0) is 24.8 Å². The molecule has 7 atom stereocenters. The lowest BCUT2D eigenvalue weighted by molar-refractivity contribution is -0.137. The predicted octanol–water partition coefficient (Wildman–Crippen LogP) is 3.37. The van der Waals surface area contributed by atoms with Gasteiger partial charge in [0.15, 0.2) is 5.76 Å². The van der Waals surface area contributed by atoms with E-state index in [1.165, 1.54) is 12.2 Å². The van der Waals surface area contributed by atoms with E-state index in [0.29, 0.717) is 6.42 Å². The maximum atomic E-state index is 15.3. The first-order valence-corrected chi connectivity index (χ1v) is 10.1. The van der Waals surface area contributed by atoms with Crippen molar-refractivity contribution in [1.82, 2.24) is 0 Å². The lowest BCUT2D eigenvalue weighted by Gasteiger charge is -2.34. The van der Waals surface area contributed by atoms with Gasteiger partial charge in [-0.1, -0.05) is 25.8 Å². The van der Waals surface area contributed by atoms with Crippen LogP contribution in [0.1, 0.15) is 46.0 Å². The minimum absolute atomic E-state index is 0.0681. The Bertz CT molecular complexity index is 693. The first-order chi connectivity index (χ1) is 13.6. The molecule has 1 saturated carbocycles. The van der Waals surface area contributed by atoms with E-state index in [4.69, 9.17) is 9.84 Å². The first kappa shape index (κ1) is 23.4. The fraction of sp³-hybridized carbons (Fsp3) is 0.682. The highest BCUT2D eigenvalue weighted by Crippen LogP contribution is 2.56. The molecule has 1 aliphatic carbocycles. The van der Waals surface area contributed by atoms with E-state index in [1.807, 2.05) is 6.92 Å². The second-order valence-corrected chi connectivity index (χ2v) is 7.83. The van der Waals surface area contributed by atoms with E-state index in [2.05, 4.69) is 18.4 Å². The molecular weight excluding hydrogens is 382 g/mol. The number of hydrogen-bond acceptors (Lipinski definition) is 4. The van der Waals surface area contributed by atoms with Crippen LogP contribution in [0.3, 0.4) is 0 Å². The summed E-state index contributed by atoms with van der Waals surface area (Å²) < 4.78 is 36.0. The second kappa shape index (κ2) is 9.73. The van der Waals surface area contributed by atoms with Crippen molar-refractivity contribution < 1.29 is 33.6 Å². The number of alkyl halides is 2. The standard InChI is InChI=1S/C22H30F2O5/c1-4-6-9-14(13(3)15(25)5-2)20-16(26)12-17-21(20)22(23,24)18(29-17)10-7-8-11-19(27)28/h5,10,13-17,20-21,25-26H,2,4,7-8,11-12H2,1,3H3,(H,27,28)/t13-,14+,15+,16+,17-,20-,21-/m0/s1. The molecular formula is C22H30F2O5. The maximum absolute atomic E-state index is 15.3. The van der Waals surface area contributed by atoms with Crippen molar-refractivity contribution in [2.45, 2.75) is 70.2 Å². The molecule has 2 fully saturated rings. The topological polar surface area (TPSA) is 87.0 Å². The van der Waals surface area contributed by atoms with Crippen LogP contribution in [0.4, 0.5) is 8.78 Å². The Morgan fingerprint density at radius 3 is 2.76 bits per heavy atom. The van der Waals surface area contributed by atoms with Crippen molar-refractivity contribution in [3.05, 3.63) is 24.5 Å². The van der Waals surface area contributed by atoms with Crippen LogP contribution in [0.2, 0.25) is 0 Å². The van der Waals surface area contributed by atoms with E-state index in [9.17, 15) is 15.0 Å². The molecule has 0 bridgehead atoms. The molecule has 1 saturated heterocycles. The van der Waals surface area contributed by atoms with Crippen molar-refractivity contribution in [2.75, 3.05) is 0 Å². The van der Waals surface area contributed by atoms with Crippen LogP contribution in [0, 0.1) is 35.5 Å². The van der Waals surface area contributed by atoms with Crippen molar-refractivity contribution in [2.24, 2.45) is 23.7 Å². The van der Waals surface area contributed by atoms with Gasteiger partial charge in [-0.2, -0.15) is 8.78 Å². The molecule has 2 rings (SSSR count). The van der Waals surface area contributed by atoms with Gasteiger partial charge in [0.1, 0.15) is 6.10 Å². The van der Waals surface area contributed by atoms with E-state index >= 15 is 8.78 Å². The third kappa shape index (κ3) is 4.99. The maximum Gasteiger partial charge on any atom is 0.310 e. The number of hydrogen-bond donors (Lipinski definition) is 3. The number of carboxylic acid groups (broad SMARTS) is 1. The number of aliphatic carboxylic acids is 1. The quantitative estimate of drug-likeness (QED) is 0.323. The second-order valence-electron chi connectivity index (χ2n) is 7.83. The van der Waals surface area contributed by atoms with Gasteiger partial charge in [0.2, 0.25) is 0 Å². The first-order valence-electron chi connectivity index (χ1n) is 10.1. The zero-order chi connectivity index (χ0) is 21.8. The van der Waals surface area contributed by atoms with E-state index in [0.717, 1.165) is 0 Å². The molecule has 3 N–H and O–H groups in total. The Kier molecular flexibility index (Phi) is 7.84. The van der Waals surface area contributed by atoms with Crippen molar-refractivity contribution in [1.29, 1.82) is 0 Å². The fourth-order valence-corrected chi connectivity index (χ4v) is 4.39. The third-order valence-corrected chi connectivity index (χ3v) is 5.89. The normalized spacial score (nSPS) is 31.9. The zero-order valence-corrected chi connectivity index (χ0v) is 16.9. The third-order valence-electron chi connectivity index (χ3n) is 5.89. The van der Waals surface area contributed by atoms with Gasteiger partial charge in [0.25, 0.3) is 0 Å². The van der Waals surface area contributed by atoms with Crippen LogP contribution in [-0.4, -0.2) is 45.5 Å². The smallest absolute Gasteiger partial charge is 0.310 e. The predicted molar refractivity (Wildman–Crippen MR) is 104 cm³/mol. The number of halogens is 2. The summed E-state index contributed by atoms with van der Waals surface area (Å²) in [6.07, 6.45) is 0.746. The Morgan fingerprint density at radius 1 is 1.48 bits per heavy atom. The van der Waals surface area contributed by atoms with E-state index in [1.54, 1.807) is 6.92 Å². The number of aliphatic hydroxyl groups is 2. The molecule has 7 heteroatoms. The average Bonchev–Trinajstić information content (AvgIpc) is 3.11. The molecule has 0 amide bonds. The average molecular weight is 412 g/mol. The number of rotatable bonds is 8. The molecule has 0 aromatic rings. The lowest BCUT2D eigenvalue weighted by atomic mass is 9.72. The minimum Gasteiger partial charge on any atom is -0.488 e. The van der Waals surface area contributed by atoms with Crippen molar-refractivity contribution in [3.63, 3.8) is 0 Å². The molecule has 162 valence electrons. The van der Waals surface area contributed by atoms with Crippen molar-refractivity contribution in [3.8, 4) is 11.8 Å². The number of carbonyl (C=O) groups is 1.